The zero-order valence-corrected chi connectivity index (χ0v) is 11.2. The number of rotatable bonds is 3. The third-order valence-electron chi connectivity index (χ3n) is 2.41. The maximum absolute atomic E-state index is 11.1. The van der Waals surface area contributed by atoms with Crippen molar-refractivity contribution in [1.29, 1.82) is 0 Å². The average molecular weight is 292 g/mol. The normalized spacial score (nSPS) is 10.0. The summed E-state index contributed by atoms with van der Waals surface area (Å²) in [5, 5.41) is 10.0. The molecule has 0 radical (unpaired) electrons. The van der Waals surface area contributed by atoms with E-state index in [0.29, 0.717) is 11.4 Å². The van der Waals surface area contributed by atoms with Crippen LogP contribution >= 0.6 is 0 Å². The predicted molar refractivity (Wildman–Crippen MR) is 70.5 cm³/mol. The second-order valence-electron chi connectivity index (χ2n) is 3.84. The monoisotopic (exact) mass is 292 g/mol. The van der Waals surface area contributed by atoms with Crippen molar-refractivity contribution in [2.45, 2.75) is 0 Å². The third-order valence-corrected chi connectivity index (χ3v) is 2.41. The molecule has 0 saturated carbocycles. The van der Waals surface area contributed by atoms with Gasteiger partial charge in [0.1, 0.15) is 0 Å². The Balaban J connectivity index is 2.27. The van der Waals surface area contributed by atoms with Gasteiger partial charge in [-0.05, 0) is 12.1 Å². The lowest BCUT2D eigenvalue weighted by atomic mass is 10.2. The molecule has 10 nitrogen and oxygen atoms in total. The zero-order chi connectivity index (χ0) is 15.4. The van der Waals surface area contributed by atoms with Gasteiger partial charge in [-0.1, -0.05) is 5.21 Å². The van der Waals surface area contributed by atoms with Crippen LogP contribution in [0.15, 0.2) is 18.3 Å². The van der Waals surface area contributed by atoms with Gasteiger partial charge >= 0.3 is 12.2 Å². The summed E-state index contributed by atoms with van der Waals surface area (Å²) in [7, 11) is 2.80. The number of nitrogens with zero attached hydrogens (tertiary/aromatic N) is 4. The molecule has 2 amide bonds. The summed E-state index contributed by atoms with van der Waals surface area (Å²) < 4.78 is 10.5. The maximum Gasteiger partial charge on any atom is 0.411 e. The highest BCUT2D eigenvalue weighted by Gasteiger charge is 2.17. The minimum Gasteiger partial charge on any atom is -0.453 e. The average Bonchev–Trinajstić information content (AvgIpc) is 2.80. The number of hydrogen-bond acceptors (Lipinski definition) is 7. The molecular formula is C11H12N6O4. The van der Waals surface area contributed by atoms with Crippen molar-refractivity contribution in [3.63, 3.8) is 0 Å². The van der Waals surface area contributed by atoms with E-state index in [9.17, 15) is 9.59 Å². The summed E-state index contributed by atoms with van der Waals surface area (Å²) in [6.45, 7) is 0. The number of aromatic nitrogens is 4. The van der Waals surface area contributed by atoms with Gasteiger partial charge in [-0.25, -0.2) is 14.3 Å². The molecule has 0 fully saturated rings. The van der Waals surface area contributed by atoms with Crippen LogP contribution < -0.4 is 15.8 Å². The lowest BCUT2D eigenvalue weighted by molar-refractivity contribution is 0.187. The number of carbonyl (C=O) groups is 2. The second kappa shape index (κ2) is 5.86. The molecule has 110 valence electrons. The molecule has 0 bridgehead atoms. The van der Waals surface area contributed by atoms with Gasteiger partial charge in [-0.15, -0.1) is 5.10 Å². The summed E-state index contributed by atoms with van der Waals surface area (Å²) >= 11 is 0. The lowest BCUT2D eigenvalue weighted by Gasteiger charge is -2.05. The van der Waals surface area contributed by atoms with Crippen LogP contribution in [0.3, 0.4) is 0 Å². The van der Waals surface area contributed by atoms with Crippen molar-refractivity contribution >= 4 is 17.9 Å². The van der Waals surface area contributed by atoms with E-state index < -0.39 is 12.2 Å². The molecule has 3 N–H and O–H groups in total. The smallest absolute Gasteiger partial charge is 0.411 e. The summed E-state index contributed by atoms with van der Waals surface area (Å²) in [6, 6.07) is 3.16. The van der Waals surface area contributed by atoms with E-state index in [0.717, 1.165) is 0 Å². The Kier molecular flexibility index (Phi) is 3.97. The third kappa shape index (κ3) is 3.23. The molecule has 2 aromatic heterocycles. The van der Waals surface area contributed by atoms with Crippen LogP contribution in [-0.2, 0) is 11.8 Å². The lowest BCUT2D eigenvalue weighted by Crippen LogP contribution is -2.18. The molecule has 0 aliphatic heterocycles. The number of ether oxygens (including phenoxy) is 2. The first-order valence-corrected chi connectivity index (χ1v) is 5.69. The van der Waals surface area contributed by atoms with Crippen molar-refractivity contribution in [3.8, 4) is 17.3 Å². The summed E-state index contributed by atoms with van der Waals surface area (Å²) in [4.78, 5) is 26.0. The molecule has 0 unspecified atom stereocenters. The fourth-order valence-electron chi connectivity index (χ4n) is 1.50. The summed E-state index contributed by atoms with van der Waals surface area (Å²) in [6.07, 6.45) is -0.193. The van der Waals surface area contributed by atoms with Crippen LogP contribution in [0.2, 0.25) is 0 Å². The highest BCUT2D eigenvalue weighted by atomic mass is 16.6. The number of nitrogens with two attached hydrogens (primary N) is 1. The maximum atomic E-state index is 11.1. The first kappa shape index (κ1) is 14.2. The van der Waals surface area contributed by atoms with Gasteiger partial charge in [-0.3, -0.25) is 10.3 Å². The van der Waals surface area contributed by atoms with E-state index in [1.54, 1.807) is 19.2 Å². The van der Waals surface area contributed by atoms with Gasteiger partial charge in [0, 0.05) is 7.05 Å². The number of primary amides is 1. The van der Waals surface area contributed by atoms with E-state index in [1.165, 1.54) is 18.0 Å². The molecule has 10 heteroatoms. The first-order chi connectivity index (χ1) is 10.0. The highest BCUT2D eigenvalue weighted by Crippen LogP contribution is 2.26. The van der Waals surface area contributed by atoms with E-state index in [2.05, 4.69) is 25.3 Å². The first-order valence-electron chi connectivity index (χ1n) is 5.69. The Bertz CT molecular complexity index is 666. The number of pyridine rings is 1. The van der Waals surface area contributed by atoms with E-state index in [4.69, 9.17) is 10.5 Å². The number of hydrogen-bond donors (Lipinski definition) is 2. The van der Waals surface area contributed by atoms with E-state index >= 15 is 0 Å². The van der Waals surface area contributed by atoms with Crippen LogP contribution in [0.25, 0.3) is 11.4 Å². The Hall–Kier alpha value is -3.17. The van der Waals surface area contributed by atoms with Crippen LogP contribution in [0.4, 0.5) is 15.3 Å². The van der Waals surface area contributed by atoms with Gasteiger partial charge in [0.05, 0.1) is 24.7 Å². The van der Waals surface area contributed by atoms with Crippen molar-refractivity contribution in [1.82, 2.24) is 20.0 Å². The molecule has 0 aliphatic carbocycles. The fraction of sp³-hybridized carbons (Fsp3) is 0.182. The number of nitrogens with one attached hydrogen (secondary N) is 1. The van der Waals surface area contributed by atoms with Crippen molar-refractivity contribution < 1.29 is 19.1 Å². The molecule has 21 heavy (non-hydrogen) atoms. The minimum absolute atomic E-state index is 0.0728. The summed E-state index contributed by atoms with van der Waals surface area (Å²) in [5.41, 5.74) is 6.07. The number of anilines is 1. The standard InChI is InChI=1S/C11H12N6O4/c1-17-9(21-10(12)18)8(15-16-17)7-4-3-6(5-13-7)14-11(19)20-2/h3-5H,1-2H3,(H2,12,18)(H,14,19). The van der Waals surface area contributed by atoms with Crippen LogP contribution in [0.1, 0.15) is 0 Å². The molecular weight excluding hydrogens is 280 g/mol. The minimum atomic E-state index is -0.981. The van der Waals surface area contributed by atoms with Gasteiger partial charge in [0.15, 0.2) is 5.69 Å². The Morgan fingerprint density at radius 1 is 1.38 bits per heavy atom. The van der Waals surface area contributed by atoms with Crippen LogP contribution in [0.5, 0.6) is 5.88 Å². The quantitative estimate of drug-likeness (QED) is 0.841. The topological polar surface area (TPSA) is 134 Å². The molecule has 0 atom stereocenters. The van der Waals surface area contributed by atoms with E-state index in [1.807, 2.05) is 0 Å². The fourth-order valence-corrected chi connectivity index (χ4v) is 1.50. The van der Waals surface area contributed by atoms with Crippen LogP contribution in [-0.4, -0.2) is 39.3 Å². The zero-order valence-electron chi connectivity index (χ0n) is 11.2. The molecule has 0 aromatic carbocycles. The van der Waals surface area contributed by atoms with Crippen LogP contribution in [0, 0.1) is 0 Å². The van der Waals surface area contributed by atoms with Gasteiger partial charge in [0.25, 0.3) is 5.88 Å². The molecule has 2 aromatic rings. The largest absolute Gasteiger partial charge is 0.453 e. The molecule has 2 heterocycles. The number of aryl methyl sites for hydroxylation is 1. The Morgan fingerprint density at radius 2 is 2.14 bits per heavy atom. The summed E-state index contributed by atoms with van der Waals surface area (Å²) in [5.74, 6) is 0.0728. The second-order valence-corrected chi connectivity index (χ2v) is 3.84. The van der Waals surface area contributed by atoms with Gasteiger partial charge < -0.3 is 15.2 Å². The highest BCUT2D eigenvalue weighted by molar-refractivity contribution is 5.84. The number of carbonyl (C=O) groups excluding carboxylic acids is 2. The molecule has 0 aliphatic rings. The molecule has 0 saturated heterocycles. The number of methoxy groups -OCH3 is 1. The van der Waals surface area contributed by atoms with Gasteiger partial charge in [0.2, 0.25) is 0 Å². The van der Waals surface area contributed by atoms with Crippen molar-refractivity contribution in [3.05, 3.63) is 18.3 Å². The van der Waals surface area contributed by atoms with E-state index in [-0.39, 0.29) is 11.6 Å². The molecule has 0 spiro atoms. The SMILES string of the molecule is COC(=O)Nc1ccc(-c2nnn(C)c2OC(N)=O)nc1. The Morgan fingerprint density at radius 3 is 2.71 bits per heavy atom. The van der Waals surface area contributed by atoms with Gasteiger partial charge in [-0.2, -0.15) is 0 Å². The predicted octanol–water partition coefficient (Wildman–Crippen LogP) is 0.513. The number of amides is 2. The van der Waals surface area contributed by atoms with Crippen molar-refractivity contribution in [2.75, 3.05) is 12.4 Å². The molecule has 2 rings (SSSR count). The Labute approximate surface area is 118 Å². The van der Waals surface area contributed by atoms with Crippen molar-refractivity contribution in [2.24, 2.45) is 12.8 Å².